The van der Waals surface area contributed by atoms with Gasteiger partial charge in [-0.2, -0.15) is 0 Å². The van der Waals surface area contributed by atoms with E-state index in [4.69, 9.17) is 0 Å². The smallest absolute Gasteiger partial charge is 0 e. The van der Waals surface area contributed by atoms with Gasteiger partial charge in [-0.3, -0.25) is 4.70 Å². The Hall–Kier alpha value is -2.15. The summed E-state index contributed by atoms with van der Waals surface area (Å²) in [6.45, 7) is 14.1. The van der Waals surface area contributed by atoms with E-state index in [1.165, 1.54) is 10.8 Å². The molecule has 2 aliphatic rings. The first-order valence-electron chi connectivity index (χ1n) is 11.0. The van der Waals surface area contributed by atoms with Crippen molar-refractivity contribution in [2.75, 3.05) is 0 Å². The predicted molar refractivity (Wildman–Crippen MR) is 143 cm³/mol. The number of halogens is 1. The molecule has 174 valence electrons. The second-order valence-electron chi connectivity index (χ2n) is 9.33. The highest BCUT2D eigenvalue weighted by molar-refractivity contribution is 5.84. The lowest BCUT2D eigenvalue weighted by molar-refractivity contribution is 0.464. The summed E-state index contributed by atoms with van der Waals surface area (Å²) < 4.78 is 0. The molecule has 0 aromatic heterocycles. The second kappa shape index (κ2) is 10.4. The highest BCUT2D eigenvalue weighted by Crippen LogP contribution is 2.47. The van der Waals surface area contributed by atoms with Crippen LogP contribution in [0.3, 0.4) is 0 Å². The molecule has 0 nitrogen and oxygen atoms in total. The fourth-order valence-corrected chi connectivity index (χ4v) is 5.40. The van der Waals surface area contributed by atoms with Crippen molar-refractivity contribution in [3.8, 4) is 0 Å². The van der Waals surface area contributed by atoms with E-state index >= 15 is 0 Å². The molecule has 4 unspecified atom stereocenters. The summed E-state index contributed by atoms with van der Waals surface area (Å²) in [5.74, 6) is 4.48. The van der Waals surface area contributed by atoms with Crippen molar-refractivity contribution in [1.82, 2.24) is 0 Å². The molecule has 0 saturated heterocycles. The van der Waals surface area contributed by atoms with E-state index in [1.54, 1.807) is 22.3 Å². The number of rotatable bonds is 0. The van der Waals surface area contributed by atoms with Crippen LogP contribution >= 0.6 is 0 Å². The maximum atomic E-state index is 2.40. The van der Waals surface area contributed by atoms with Crippen LogP contribution in [-0.4, -0.2) is 0 Å². The Morgan fingerprint density at radius 2 is 0.806 bits per heavy atom. The van der Waals surface area contributed by atoms with Crippen LogP contribution in [0, 0.1) is 11.8 Å². The molecule has 1 heteroatoms. The van der Waals surface area contributed by atoms with Gasteiger partial charge in [-0.05, 0) is 68.5 Å². The molecule has 3 aromatic rings. The van der Waals surface area contributed by atoms with E-state index in [0.717, 1.165) is 23.7 Å². The minimum Gasteiger partial charge on any atom is -0.269 e. The van der Waals surface area contributed by atoms with Crippen molar-refractivity contribution in [2.24, 2.45) is 11.8 Å². The Morgan fingerprint density at radius 3 is 1.16 bits per heavy atom. The number of benzene rings is 3. The SMILES string of the molecule is C.C.CC1c2cc3ccccc3cc2C(C)C1C.CC1c2ccccc2C(C)C1C.F.[2HH].[HH]. The minimum atomic E-state index is 0. The van der Waals surface area contributed by atoms with Crippen LogP contribution in [0.2, 0.25) is 0 Å². The maximum Gasteiger partial charge on any atom is 0 e. The van der Waals surface area contributed by atoms with Gasteiger partial charge in [0.2, 0.25) is 0 Å². The zero-order chi connectivity index (χ0) is 20.0. The third-order valence-corrected chi connectivity index (χ3v) is 8.06. The molecular formula is C30H47F. The summed E-state index contributed by atoms with van der Waals surface area (Å²) >= 11 is 0. The van der Waals surface area contributed by atoms with Crippen LogP contribution in [-0.2, 0) is 0 Å². The highest BCUT2D eigenvalue weighted by Gasteiger charge is 2.32. The van der Waals surface area contributed by atoms with Gasteiger partial charge >= 0.3 is 0 Å². The van der Waals surface area contributed by atoms with E-state index in [9.17, 15) is 0 Å². The Morgan fingerprint density at radius 1 is 0.516 bits per heavy atom. The van der Waals surface area contributed by atoms with Gasteiger partial charge in [-0.15, -0.1) is 0 Å². The molecule has 0 bridgehead atoms. The van der Waals surface area contributed by atoms with Crippen molar-refractivity contribution in [3.05, 3.63) is 82.9 Å². The van der Waals surface area contributed by atoms with Gasteiger partial charge in [-0.25, -0.2) is 0 Å². The lowest BCUT2D eigenvalue weighted by Gasteiger charge is -2.13. The average molecular weight is 428 g/mol. The van der Waals surface area contributed by atoms with Gasteiger partial charge in [0.15, 0.2) is 0 Å². The lowest BCUT2D eigenvalue weighted by Crippen LogP contribution is -2.01. The topological polar surface area (TPSA) is 0 Å². The van der Waals surface area contributed by atoms with Crippen molar-refractivity contribution in [1.29, 1.82) is 0 Å². The summed E-state index contributed by atoms with van der Waals surface area (Å²) in [4.78, 5) is 0. The number of hydrogen-bond acceptors (Lipinski definition) is 0. The fraction of sp³-hybridized carbons (Fsp3) is 0.467. The molecule has 3 aromatic carbocycles. The van der Waals surface area contributed by atoms with E-state index in [0.29, 0.717) is 11.8 Å². The molecule has 31 heavy (non-hydrogen) atoms. The summed E-state index contributed by atoms with van der Waals surface area (Å²) in [6, 6.07) is 22.3. The fourth-order valence-electron chi connectivity index (χ4n) is 5.40. The van der Waals surface area contributed by atoms with Gasteiger partial charge in [0.25, 0.3) is 0 Å². The van der Waals surface area contributed by atoms with Crippen molar-refractivity contribution < 1.29 is 7.56 Å². The Kier molecular flexibility index (Phi) is 9.06. The lowest BCUT2D eigenvalue weighted by atomic mass is 9.91. The summed E-state index contributed by atoms with van der Waals surface area (Å²) in [7, 11) is 0. The van der Waals surface area contributed by atoms with E-state index in [-0.39, 0.29) is 22.4 Å². The van der Waals surface area contributed by atoms with Gasteiger partial charge in [0, 0.05) is 2.85 Å². The molecule has 2 aliphatic carbocycles. The van der Waals surface area contributed by atoms with Crippen LogP contribution in [0.15, 0.2) is 60.7 Å². The second-order valence-corrected chi connectivity index (χ2v) is 9.33. The summed E-state index contributed by atoms with van der Waals surface area (Å²) in [6.07, 6.45) is 0. The van der Waals surface area contributed by atoms with Crippen molar-refractivity contribution in [2.45, 2.75) is 80.1 Å². The molecule has 0 heterocycles. The van der Waals surface area contributed by atoms with Crippen molar-refractivity contribution >= 4 is 10.8 Å². The van der Waals surface area contributed by atoms with Crippen LogP contribution in [0.5, 0.6) is 0 Å². The van der Waals surface area contributed by atoms with E-state index < -0.39 is 0 Å². The van der Waals surface area contributed by atoms with Crippen molar-refractivity contribution in [3.63, 3.8) is 0 Å². The largest absolute Gasteiger partial charge is 0.269 e. The third kappa shape index (κ3) is 4.56. The molecular weight excluding hydrogens is 379 g/mol. The molecule has 0 spiro atoms. The first kappa shape index (κ1) is 26.9. The third-order valence-electron chi connectivity index (χ3n) is 8.06. The number of hydrogen-bond donors (Lipinski definition) is 0. The zero-order valence-corrected chi connectivity index (χ0v) is 18.6. The quantitative estimate of drug-likeness (QED) is 0.335. The Bertz CT molecular complexity index is 922. The number of fused-ring (bicyclic) bond motifs is 3. The monoisotopic (exact) mass is 427 g/mol. The molecule has 4 atom stereocenters. The molecule has 0 saturated carbocycles. The van der Waals surface area contributed by atoms with Gasteiger partial charge in [0.1, 0.15) is 0 Å². The highest BCUT2D eigenvalue weighted by atomic mass is 19.0. The molecule has 0 N–H and O–H groups in total. The van der Waals surface area contributed by atoms with Crippen LogP contribution in [0.4, 0.5) is 4.70 Å². The summed E-state index contributed by atoms with van der Waals surface area (Å²) in [5.41, 5.74) is 6.27. The first-order valence-corrected chi connectivity index (χ1v) is 11.0. The van der Waals surface area contributed by atoms with Gasteiger partial charge < -0.3 is 0 Å². The van der Waals surface area contributed by atoms with Crippen LogP contribution in [0.25, 0.3) is 10.8 Å². The Balaban J connectivity index is 0. The first-order chi connectivity index (χ1) is 13.4. The predicted octanol–water partition coefficient (Wildman–Crippen LogP) is 10.2. The zero-order valence-electron chi connectivity index (χ0n) is 18.6. The molecule has 0 aliphatic heterocycles. The van der Waals surface area contributed by atoms with E-state index in [2.05, 4.69) is 102 Å². The maximum absolute atomic E-state index is 2.40. The van der Waals surface area contributed by atoms with Crippen LogP contribution in [0.1, 0.15) is 105 Å². The molecule has 0 amide bonds. The van der Waals surface area contributed by atoms with Gasteiger partial charge in [0.05, 0.1) is 0 Å². The van der Waals surface area contributed by atoms with E-state index in [1.807, 2.05) is 0 Å². The average Bonchev–Trinajstić information content (AvgIpc) is 3.08. The molecule has 0 fully saturated rings. The summed E-state index contributed by atoms with van der Waals surface area (Å²) in [5, 5.41) is 2.77. The standard InChI is InChI=1S/C16H18.C12H16.2CH4.FH.2H2/c1-10-11(2)15-8-13-6-4-5-7-14(13)9-16(15)12(10)3;1-8-9(2)11-6-4-5-7-12(11)10(8)3;;;;;/h4-12H,1-3H3;4-10H,1-3H3;2*1H4;3*1H/i;;;;;1+1;. The Labute approximate surface area is 193 Å². The normalized spacial score (nSPS) is 27.5. The van der Waals surface area contributed by atoms with Crippen LogP contribution < -0.4 is 0 Å². The van der Waals surface area contributed by atoms with Gasteiger partial charge in [-0.1, -0.05) is 117 Å². The minimum absolute atomic E-state index is 0. The molecule has 5 rings (SSSR count). The molecule has 0 radical (unpaired) electrons.